The van der Waals surface area contributed by atoms with Crippen LogP contribution in [0.1, 0.15) is 51.0 Å². The summed E-state index contributed by atoms with van der Waals surface area (Å²) < 4.78 is 17.1. The molecule has 0 bridgehead atoms. The molecule has 2 aromatic carbocycles. The van der Waals surface area contributed by atoms with Gasteiger partial charge in [0.1, 0.15) is 17.1 Å². The standard InChI is InChI=1S/C25H29ClO4/c1-25(27,17-5-2-3-6-18-28-24-8-4-7-19-29-24)20-9-13-22(14-10-20)30-23-15-11-21(26)12-16-23/h9-16,24,27H,2-4,6-8,18-19H2,1H3. The normalized spacial score (nSPS) is 18.2. The molecular formula is C25H29ClO4. The molecule has 0 aromatic heterocycles. The summed E-state index contributed by atoms with van der Waals surface area (Å²) >= 11 is 5.89. The number of ether oxygens (including phenoxy) is 3. The lowest BCUT2D eigenvalue weighted by atomic mass is 9.96. The molecule has 3 rings (SSSR count). The Morgan fingerprint density at radius 1 is 1.07 bits per heavy atom. The Morgan fingerprint density at radius 2 is 1.77 bits per heavy atom. The van der Waals surface area contributed by atoms with E-state index in [9.17, 15) is 5.11 Å². The van der Waals surface area contributed by atoms with Gasteiger partial charge >= 0.3 is 0 Å². The van der Waals surface area contributed by atoms with E-state index >= 15 is 0 Å². The highest BCUT2D eigenvalue weighted by molar-refractivity contribution is 6.30. The van der Waals surface area contributed by atoms with Crippen LogP contribution in [0.4, 0.5) is 0 Å². The zero-order chi connectivity index (χ0) is 21.2. The van der Waals surface area contributed by atoms with Gasteiger partial charge < -0.3 is 19.3 Å². The van der Waals surface area contributed by atoms with Crippen LogP contribution in [0.5, 0.6) is 11.5 Å². The van der Waals surface area contributed by atoms with Crippen LogP contribution in [0.25, 0.3) is 0 Å². The molecule has 5 heteroatoms. The van der Waals surface area contributed by atoms with Crippen LogP contribution in [0.2, 0.25) is 5.02 Å². The summed E-state index contributed by atoms with van der Waals surface area (Å²) in [5.41, 5.74) is -0.471. The Hall–Kier alpha value is -2.03. The molecule has 1 aliphatic heterocycles. The molecule has 1 heterocycles. The molecule has 4 nitrogen and oxygen atoms in total. The van der Waals surface area contributed by atoms with Gasteiger partial charge in [-0.25, -0.2) is 0 Å². The highest BCUT2D eigenvalue weighted by Crippen LogP contribution is 2.26. The smallest absolute Gasteiger partial charge is 0.157 e. The monoisotopic (exact) mass is 428 g/mol. The van der Waals surface area contributed by atoms with E-state index in [-0.39, 0.29) is 6.29 Å². The summed E-state index contributed by atoms with van der Waals surface area (Å²) in [5.74, 6) is 7.46. The van der Waals surface area contributed by atoms with Crippen molar-refractivity contribution in [3.63, 3.8) is 0 Å². The molecule has 1 aliphatic rings. The second-order valence-electron chi connectivity index (χ2n) is 7.58. The van der Waals surface area contributed by atoms with Crippen molar-refractivity contribution in [1.82, 2.24) is 0 Å². The number of rotatable bonds is 8. The molecule has 30 heavy (non-hydrogen) atoms. The third kappa shape index (κ3) is 7.34. The van der Waals surface area contributed by atoms with Gasteiger partial charge in [0.25, 0.3) is 0 Å². The molecule has 160 valence electrons. The second-order valence-corrected chi connectivity index (χ2v) is 8.01. The van der Waals surface area contributed by atoms with E-state index in [0.29, 0.717) is 23.1 Å². The molecule has 1 saturated heterocycles. The number of aliphatic hydroxyl groups is 1. The highest BCUT2D eigenvalue weighted by Gasteiger charge is 2.19. The van der Waals surface area contributed by atoms with Gasteiger partial charge in [0, 0.05) is 24.7 Å². The van der Waals surface area contributed by atoms with Gasteiger partial charge in [-0.1, -0.05) is 35.6 Å². The van der Waals surface area contributed by atoms with Gasteiger partial charge in [-0.3, -0.25) is 0 Å². The fourth-order valence-electron chi connectivity index (χ4n) is 3.17. The largest absolute Gasteiger partial charge is 0.457 e. The van der Waals surface area contributed by atoms with Crippen molar-refractivity contribution < 1.29 is 19.3 Å². The molecular weight excluding hydrogens is 400 g/mol. The van der Waals surface area contributed by atoms with E-state index in [1.54, 1.807) is 19.1 Å². The Balaban J connectivity index is 1.41. The Morgan fingerprint density at radius 3 is 2.43 bits per heavy atom. The average Bonchev–Trinajstić information content (AvgIpc) is 2.76. The number of unbranched alkanes of at least 4 members (excludes halogenated alkanes) is 2. The second kappa shape index (κ2) is 11.4. The average molecular weight is 429 g/mol. The van der Waals surface area contributed by atoms with E-state index in [2.05, 4.69) is 11.8 Å². The van der Waals surface area contributed by atoms with Gasteiger partial charge in [-0.15, -0.1) is 0 Å². The fourth-order valence-corrected chi connectivity index (χ4v) is 3.29. The van der Waals surface area contributed by atoms with E-state index < -0.39 is 5.60 Å². The van der Waals surface area contributed by atoms with Crippen molar-refractivity contribution in [2.45, 2.75) is 57.3 Å². The summed E-state index contributed by atoms with van der Waals surface area (Å²) in [4.78, 5) is 0. The summed E-state index contributed by atoms with van der Waals surface area (Å²) in [6, 6.07) is 14.5. The van der Waals surface area contributed by atoms with Crippen LogP contribution in [-0.4, -0.2) is 24.6 Å². The fraction of sp³-hybridized carbons (Fsp3) is 0.440. The number of hydrogen-bond donors (Lipinski definition) is 1. The van der Waals surface area contributed by atoms with Crippen LogP contribution in [0.3, 0.4) is 0 Å². The van der Waals surface area contributed by atoms with Gasteiger partial charge in [0.05, 0.1) is 0 Å². The number of hydrogen-bond acceptors (Lipinski definition) is 4. The predicted molar refractivity (Wildman–Crippen MR) is 119 cm³/mol. The third-order valence-electron chi connectivity index (χ3n) is 4.94. The summed E-state index contributed by atoms with van der Waals surface area (Å²) in [6.07, 6.45) is 5.87. The zero-order valence-corrected chi connectivity index (χ0v) is 18.2. The lowest BCUT2D eigenvalue weighted by molar-refractivity contribution is -0.162. The molecule has 1 N–H and O–H groups in total. The molecule has 0 saturated carbocycles. The first-order chi connectivity index (χ1) is 14.5. The minimum absolute atomic E-state index is 0.0304. The highest BCUT2D eigenvalue weighted by atomic mass is 35.5. The molecule has 2 unspecified atom stereocenters. The topological polar surface area (TPSA) is 47.9 Å². The van der Waals surface area contributed by atoms with Crippen LogP contribution >= 0.6 is 11.6 Å². The first kappa shape index (κ1) is 22.7. The Kier molecular flexibility index (Phi) is 8.60. The van der Waals surface area contributed by atoms with Gasteiger partial charge in [0.15, 0.2) is 6.29 Å². The van der Waals surface area contributed by atoms with Crippen molar-refractivity contribution in [2.75, 3.05) is 13.2 Å². The van der Waals surface area contributed by atoms with E-state index in [4.69, 9.17) is 25.8 Å². The molecule has 1 fully saturated rings. The quantitative estimate of drug-likeness (QED) is 0.410. The summed E-state index contributed by atoms with van der Waals surface area (Å²) in [7, 11) is 0. The lowest BCUT2D eigenvalue weighted by Gasteiger charge is -2.22. The maximum Gasteiger partial charge on any atom is 0.157 e. The van der Waals surface area contributed by atoms with E-state index in [1.165, 1.54) is 6.42 Å². The van der Waals surface area contributed by atoms with Crippen molar-refractivity contribution in [3.05, 3.63) is 59.1 Å². The first-order valence-electron chi connectivity index (χ1n) is 10.5. The van der Waals surface area contributed by atoms with Crippen molar-refractivity contribution in [2.24, 2.45) is 0 Å². The number of benzene rings is 2. The van der Waals surface area contributed by atoms with Crippen LogP contribution in [0, 0.1) is 11.8 Å². The maximum atomic E-state index is 10.7. The maximum absolute atomic E-state index is 10.7. The molecule has 0 aliphatic carbocycles. The minimum atomic E-state index is -1.20. The molecule has 0 amide bonds. The third-order valence-corrected chi connectivity index (χ3v) is 5.19. The van der Waals surface area contributed by atoms with E-state index in [1.807, 2.05) is 36.4 Å². The Labute approximate surface area is 184 Å². The van der Waals surface area contributed by atoms with Gasteiger partial charge in [-0.2, -0.15) is 0 Å². The summed E-state index contributed by atoms with van der Waals surface area (Å²) in [5, 5.41) is 11.4. The van der Waals surface area contributed by atoms with Gasteiger partial charge in [0.2, 0.25) is 0 Å². The molecule has 0 spiro atoms. The lowest BCUT2D eigenvalue weighted by Crippen LogP contribution is -2.22. The van der Waals surface area contributed by atoms with Crippen LogP contribution in [0.15, 0.2) is 48.5 Å². The zero-order valence-electron chi connectivity index (χ0n) is 17.4. The minimum Gasteiger partial charge on any atom is -0.457 e. The molecule has 2 aromatic rings. The summed E-state index contributed by atoms with van der Waals surface area (Å²) in [6.45, 7) is 3.20. The van der Waals surface area contributed by atoms with Crippen molar-refractivity contribution in [3.8, 4) is 23.3 Å². The molecule has 2 atom stereocenters. The Bertz CT molecular complexity index is 828. The SMILES string of the molecule is CC(O)(C#CCCCCOC1CCCCO1)c1ccc(Oc2ccc(Cl)cc2)cc1. The van der Waals surface area contributed by atoms with E-state index in [0.717, 1.165) is 44.3 Å². The predicted octanol–water partition coefficient (Wildman–Crippen LogP) is 6.06. The number of halogens is 1. The van der Waals surface area contributed by atoms with Gasteiger partial charge in [-0.05, 0) is 81.0 Å². The van der Waals surface area contributed by atoms with Crippen molar-refractivity contribution >= 4 is 11.6 Å². The molecule has 0 radical (unpaired) electrons. The first-order valence-corrected chi connectivity index (χ1v) is 10.9. The van der Waals surface area contributed by atoms with Crippen molar-refractivity contribution in [1.29, 1.82) is 0 Å². The van der Waals surface area contributed by atoms with Crippen LogP contribution in [-0.2, 0) is 15.1 Å². The van der Waals surface area contributed by atoms with Crippen LogP contribution < -0.4 is 4.74 Å².